The molecule has 13 heteroatoms. The van der Waals surface area contributed by atoms with E-state index in [1.807, 2.05) is 24.3 Å². The molecule has 0 radical (unpaired) electrons. The zero-order valence-corrected chi connectivity index (χ0v) is 17.9. The van der Waals surface area contributed by atoms with Crippen molar-refractivity contribution in [3.63, 3.8) is 0 Å². The maximum absolute atomic E-state index is 13.0. The van der Waals surface area contributed by atoms with Gasteiger partial charge in [0, 0.05) is 30.8 Å². The number of aliphatic imine (C=N–C) groups is 1. The van der Waals surface area contributed by atoms with Crippen molar-refractivity contribution >= 4 is 29.0 Å². The number of rotatable bonds is 8. The number of para-hydroxylation sites is 1. The van der Waals surface area contributed by atoms with Crippen molar-refractivity contribution < 1.29 is 31.1 Å². The van der Waals surface area contributed by atoms with Crippen molar-refractivity contribution in [2.45, 2.75) is 25.2 Å². The second-order valence-electron chi connectivity index (χ2n) is 7.53. The van der Waals surface area contributed by atoms with Crippen LogP contribution in [0.5, 0.6) is 6.01 Å². The van der Waals surface area contributed by atoms with Gasteiger partial charge in [-0.2, -0.15) is 41.3 Å². The molecule has 1 aromatic heterocycles. The highest BCUT2D eigenvalue weighted by atomic mass is 19.4. The van der Waals surface area contributed by atoms with E-state index in [0.717, 1.165) is 29.1 Å². The lowest BCUT2D eigenvalue weighted by atomic mass is 10.1. The van der Waals surface area contributed by atoms with Gasteiger partial charge in [0.15, 0.2) is 6.61 Å². The molecular formula is C22H18F6N6O. The summed E-state index contributed by atoms with van der Waals surface area (Å²) in [7, 11) is 0. The molecule has 1 aliphatic rings. The summed E-state index contributed by atoms with van der Waals surface area (Å²) in [5.74, 6) is -0.396. The van der Waals surface area contributed by atoms with Crippen LogP contribution in [0.3, 0.4) is 0 Å². The number of alkyl halides is 6. The number of anilines is 3. The molecule has 7 nitrogen and oxygen atoms in total. The third kappa shape index (κ3) is 6.80. The van der Waals surface area contributed by atoms with Crippen LogP contribution >= 0.6 is 0 Å². The smallest absolute Gasteiger partial charge is 0.422 e. The third-order valence-corrected chi connectivity index (χ3v) is 4.79. The largest absolute Gasteiger partial charge is 0.454 e. The summed E-state index contributed by atoms with van der Waals surface area (Å²) in [6.07, 6.45) is -8.02. The first-order valence-corrected chi connectivity index (χ1v) is 10.3. The number of fused-ring (bicyclic) bond motifs is 1. The second kappa shape index (κ2) is 9.76. The molecule has 0 unspecified atom stereocenters. The van der Waals surface area contributed by atoms with E-state index in [-0.39, 0.29) is 17.6 Å². The lowest BCUT2D eigenvalue weighted by Gasteiger charge is -2.13. The summed E-state index contributed by atoms with van der Waals surface area (Å²) < 4.78 is 81.3. The Labute approximate surface area is 195 Å². The van der Waals surface area contributed by atoms with Crippen LogP contribution in [0, 0.1) is 0 Å². The van der Waals surface area contributed by atoms with Gasteiger partial charge >= 0.3 is 18.4 Å². The van der Waals surface area contributed by atoms with Crippen molar-refractivity contribution in [1.82, 2.24) is 15.0 Å². The lowest BCUT2D eigenvalue weighted by Crippen LogP contribution is -2.21. The average molecular weight is 496 g/mol. The van der Waals surface area contributed by atoms with Crippen molar-refractivity contribution in [2.24, 2.45) is 4.99 Å². The summed E-state index contributed by atoms with van der Waals surface area (Å²) >= 11 is 0. The second-order valence-corrected chi connectivity index (χ2v) is 7.53. The molecular weight excluding hydrogens is 478 g/mol. The molecule has 3 aromatic rings. The molecule has 2 aromatic carbocycles. The molecule has 0 bridgehead atoms. The number of nitrogens with one attached hydrogen (secondary N) is 2. The number of halogens is 6. The van der Waals surface area contributed by atoms with E-state index in [1.165, 1.54) is 12.1 Å². The van der Waals surface area contributed by atoms with Gasteiger partial charge in [0.2, 0.25) is 11.9 Å². The Kier molecular flexibility index (Phi) is 6.76. The van der Waals surface area contributed by atoms with Crippen LogP contribution in [0.1, 0.15) is 17.5 Å². The predicted molar refractivity (Wildman–Crippen MR) is 116 cm³/mol. The number of nitrogens with zero attached hydrogens (tertiary/aromatic N) is 4. The van der Waals surface area contributed by atoms with E-state index >= 15 is 0 Å². The molecule has 0 fully saturated rings. The fraction of sp³-hybridized carbons (Fsp3) is 0.273. The van der Waals surface area contributed by atoms with Gasteiger partial charge in [-0.25, -0.2) is 0 Å². The molecule has 0 spiro atoms. The Morgan fingerprint density at radius 3 is 2.40 bits per heavy atom. The summed E-state index contributed by atoms with van der Waals surface area (Å²) in [6.45, 7) is -1.34. The first-order valence-electron chi connectivity index (χ1n) is 10.3. The number of hydrogen-bond donors (Lipinski definition) is 2. The minimum absolute atomic E-state index is 0.0168. The number of ether oxygens (including phenoxy) is 1. The Bertz CT molecular complexity index is 1230. The monoisotopic (exact) mass is 496 g/mol. The zero-order valence-electron chi connectivity index (χ0n) is 17.9. The van der Waals surface area contributed by atoms with Gasteiger partial charge < -0.3 is 15.4 Å². The topological polar surface area (TPSA) is 84.3 Å². The van der Waals surface area contributed by atoms with Gasteiger partial charge in [-0.1, -0.05) is 24.3 Å². The van der Waals surface area contributed by atoms with Crippen LogP contribution in [0.15, 0.2) is 53.5 Å². The van der Waals surface area contributed by atoms with Gasteiger partial charge in [-0.3, -0.25) is 4.99 Å². The summed E-state index contributed by atoms with van der Waals surface area (Å²) in [4.78, 5) is 16.1. The first-order chi connectivity index (χ1) is 16.5. The maximum atomic E-state index is 13.0. The zero-order chi connectivity index (χ0) is 25.1. The van der Waals surface area contributed by atoms with E-state index in [1.54, 1.807) is 0 Å². The standard InChI is InChI=1S/C22H18F6N6O/c23-21(24,25)12-35-20-33-18(29-9-8-16-10-13-4-1-2-7-17(13)30-16)32-19(34-20)31-15-6-3-5-14(11-15)22(26,27)28/h1-7,11H,8-10,12H2,(H2,29,31,32,33,34). The quantitative estimate of drug-likeness (QED) is 0.389. The first kappa shape index (κ1) is 24.2. The fourth-order valence-corrected chi connectivity index (χ4v) is 3.27. The SMILES string of the molecule is FC(F)(F)COc1nc(NCCC2=Nc3ccccc3C2)nc(Nc2cccc(C(F)(F)F)c2)n1. The Morgan fingerprint density at radius 2 is 1.66 bits per heavy atom. The van der Waals surface area contributed by atoms with Crippen LogP contribution in [-0.4, -0.2) is 40.0 Å². The number of aromatic nitrogens is 3. The Balaban J connectivity index is 1.47. The van der Waals surface area contributed by atoms with E-state index in [9.17, 15) is 26.3 Å². The molecule has 0 saturated carbocycles. The van der Waals surface area contributed by atoms with E-state index in [2.05, 4.69) is 35.3 Å². The van der Waals surface area contributed by atoms with Gasteiger partial charge in [-0.15, -0.1) is 0 Å². The maximum Gasteiger partial charge on any atom is 0.422 e. The summed E-state index contributed by atoms with van der Waals surface area (Å²) in [5, 5.41) is 5.42. The van der Waals surface area contributed by atoms with Gasteiger partial charge in [-0.05, 0) is 29.8 Å². The van der Waals surface area contributed by atoms with Crippen molar-refractivity contribution in [3.8, 4) is 6.01 Å². The van der Waals surface area contributed by atoms with Gasteiger partial charge in [0.25, 0.3) is 0 Å². The molecule has 2 N–H and O–H groups in total. The van der Waals surface area contributed by atoms with Crippen LogP contribution in [-0.2, 0) is 12.6 Å². The number of hydrogen-bond acceptors (Lipinski definition) is 7. The van der Waals surface area contributed by atoms with E-state index < -0.39 is 30.5 Å². The Hall–Kier alpha value is -3.90. The molecule has 0 aliphatic carbocycles. The minimum Gasteiger partial charge on any atom is -0.454 e. The predicted octanol–water partition coefficient (Wildman–Crippen LogP) is 5.71. The molecule has 1 aliphatic heterocycles. The minimum atomic E-state index is -4.63. The fourth-order valence-electron chi connectivity index (χ4n) is 3.27. The number of benzene rings is 2. The average Bonchev–Trinajstić information content (AvgIpc) is 3.20. The van der Waals surface area contributed by atoms with Crippen molar-refractivity contribution in [2.75, 3.05) is 23.8 Å². The highest BCUT2D eigenvalue weighted by Crippen LogP contribution is 2.31. The molecule has 0 amide bonds. The molecule has 2 heterocycles. The van der Waals surface area contributed by atoms with Crippen LogP contribution in [0.25, 0.3) is 0 Å². The van der Waals surface area contributed by atoms with E-state index in [4.69, 9.17) is 0 Å². The van der Waals surface area contributed by atoms with Crippen molar-refractivity contribution in [3.05, 3.63) is 59.7 Å². The summed E-state index contributed by atoms with van der Waals surface area (Å²) in [6, 6.07) is 11.2. The van der Waals surface area contributed by atoms with Crippen LogP contribution in [0.4, 0.5) is 49.6 Å². The molecule has 35 heavy (non-hydrogen) atoms. The highest BCUT2D eigenvalue weighted by Gasteiger charge is 2.31. The van der Waals surface area contributed by atoms with Gasteiger partial charge in [0.05, 0.1) is 11.3 Å². The normalized spacial score (nSPS) is 13.3. The van der Waals surface area contributed by atoms with Crippen LogP contribution < -0.4 is 15.4 Å². The molecule has 0 atom stereocenters. The lowest BCUT2D eigenvalue weighted by molar-refractivity contribution is -0.154. The highest BCUT2D eigenvalue weighted by molar-refractivity contribution is 5.94. The van der Waals surface area contributed by atoms with Crippen molar-refractivity contribution in [1.29, 1.82) is 0 Å². The Morgan fingerprint density at radius 1 is 0.886 bits per heavy atom. The summed E-state index contributed by atoms with van der Waals surface area (Å²) in [5.41, 5.74) is 1.96. The molecule has 0 saturated heterocycles. The van der Waals surface area contributed by atoms with E-state index in [0.29, 0.717) is 19.4 Å². The molecule has 184 valence electrons. The van der Waals surface area contributed by atoms with Crippen LogP contribution in [0.2, 0.25) is 0 Å². The third-order valence-electron chi connectivity index (χ3n) is 4.79. The molecule has 4 rings (SSSR count). The van der Waals surface area contributed by atoms with Gasteiger partial charge in [0.1, 0.15) is 0 Å².